The second kappa shape index (κ2) is 6.34. The van der Waals surface area contributed by atoms with E-state index in [9.17, 15) is 4.79 Å². The highest BCUT2D eigenvalue weighted by Gasteiger charge is 2.41. The lowest BCUT2D eigenvalue weighted by atomic mass is 9.84. The van der Waals surface area contributed by atoms with Crippen LogP contribution in [-0.2, 0) is 16.0 Å². The van der Waals surface area contributed by atoms with Gasteiger partial charge in [0.25, 0.3) is 0 Å². The largest absolute Gasteiger partial charge is 0.466 e. The minimum atomic E-state index is -0.199. The third kappa shape index (κ3) is 3.39. The molecule has 4 atom stereocenters. The van der Waals surface area contributed by atoms with Crippen molar-refractivity contribution >= 4 is 22.4 Å². The van der Waals surface area contributed by atoms with E-state index in [0.717, 1.165) is 28.6 Å². The SMILES string of the molecule is CCOC(=O)Cc1csc(NC(C)C2CC3CCC2C3)n1. The lowest BCUT2D eigenvalue weighted by Gasteiger charge is -2.28. The van der Waals surface area contributed by atoms with Gasteiger partial charge in [0, 0.05) is 11.4 Å². The molecule has 0 aromatic carbocycles. The fourth-order valence-corrected chi connectivity index (χ4v) is 4.83. The van der Waals surface area contributed by atoms with Crippen molar-refractivity contribution < 1.29 is 9.53 Å². The maximum absolute atomic E-state index is 11.5. The summed E-state index contributed by atoms with van der Waals surface area (Å²) in [6, 6.07) is 0.474. The molecular formula is C16H24N2O2S. The number of thiazole rings is 1. The Morgan fingerprint density at radius 2 is 2.38 bits per heavy atom. The van der Waals surface area contributed by atoms with Gasteiger partial charge in [-0.2, -0.15) is 0 Å². The van der Waals surface area contributed by atoms with Gasteiger partial charge >= 0.3 is 5.97 Å². The van der Waals surface area contributed by atoms with Crippen LogP contribution in [0, 0.1) is 17.8 Å². The quantitative estimate of drug-likeness (QED) is 0.817. The van der Waals surface area contributed by atoms with Gasteiger partial charge in [-0.25, -0.2) is 4.98 Å². The van der Waals surface area contributed by atoms with Gasteiger partial charge in [0.1, 0.15) is 0 Å². The summed E-state index contributed by atoms with van der Waals surface area (Å²) in [5, 5.41) is 6.44. The summed E-state index contributed by atoms with van der Waals surface area (Å²) in [5.74, 6) is 2.48. The van der Waals surface area contributed by atoms with E-state index in [0.29, 0.717) is 12.6 Å². The molecule has 2 saturated carbocycles. The van der Waals surface area contributed by atoms with Crippen LogP contribution in [0.5, 0.6) is 0 Å². The molecule has 0 amide bonds. The molecule has 0 aliphatic heterocycles. The van der Waals surface area contributed by atoms with Crippen LogP contribution in [0.1, 0.15) is 45.2 Å². The monoisotopic (exact) mass is 308 g/mol. The second-order valence-corrected chi connectivity index (χ2v) is 7.26. The number of carbonyl (C=O) groups is 1. The molecule has 0 saturated heterocycles. The van der Waals surface area contributed by atoms with Gasteiger partial charge in [0.2, 0.25) is 0 Å². The van der Waals surface area contributed by atoms with Crippen LogP contribution in [0.4, 0.5) is 5.13 Å². The van der Waals surface area contributed by atoms with E-state index in [-0.39, 0.29) is 12.4 Å². The number of nitrogens with zero attached hydrogens (tertiary/aromatic N) is 1. The average Bonchev–Trinajstić information content (AvgIpc) is 3.15. The molecule has 2 fully saturated rings. The molecule has 3 rings (SSSR count). The van der Waals surface area contributed by atoms with Gasteiger partial charge in [-0.1, -0.05) is 6.42 Å². The first-order valence-corrected chi connectivity index (χ1v) is 8.90. The predicted octanol–water partition coefficient (Wildman–Crippen LogP) is 3.49. The summed E-state index contributed by atoms with van der Waals surface area (Å²) in [5.41, 5.74) is 0.807. The third-order valence-corrected chi connectivity index (χ3v) is 5.79. The molecule has 2 aliphatic carbocycles. The van der Waals surface area contributed by atoms with E-state index < -0.39 is 0 Å². The fraction of sp³-hybridized carbons (Fsp3) is 0.750. The summed E-state index contributed by atoms with van der Waals surface area (Å²) < 4.78 is 4.96. The smallest absolute Gasteiger partial charge is 0.311 e. The minimum absolute atomic E-state index is 0.199. The summed E-state index contributed by atoms with van der Waals surface area (Å²) >= 11 is 1.59. The van der Waals surface area contributed by atoms with Gasteiger partial charge in [-0.15, -0.1) is 11.3 Å². The Bertz CT molecular complexity index is 502. The highest BCUT2D eigenvalue weighted by molar-refractivity contribution is 7.13. The third-order valence-electron chi connectivity index (χ3n) is 4.97. The Kier molecular flexibility index (Phi) is 4.48. The van der Waals surface area contributed by atoms with Crippen molar-refractivity contribution in [1.29, 1.82) is 0 Å². The lowest BCUT2D eigenvalue weighted by molar-refractivity contribution is -0.142. The molecule has 2 aliphatic rings. The molecule has 1 aromatic heterocycles. The van der Waals surface area contributed by atoms with Crippen molar-refractivity contribution in [2.45, 2.75) is 52.0 Å². The van der Waals surface area contributed by atoms with Crippen molar-refractivity contribution in [2.75, 3.05) is 11.9 Å². The van der Waals surface area contributed by atoms with Crippen LogP contribution in [0.3, 0.4) is 0 Å². The second-order valence-electron chi connectivity index (χ2n) is 6.40. The number of hydrogen-bond donors (Lipinski definition) is 1. The molecule has 0 spiro atoms. The van der Waals surface area contributed by atoms with Crippen molar-refractivity contribution in [3.05, 3.63) is 11.1 Å². The van der Waals surface area contributed by atoms with Gasteiger partial charge < -0.3 is 10.1 Å². The highest BCUT2D eigenvalue weighted by Crippen LogP contribution is 2.49. The highest BCUT2D eigenvalue weighted by atomic mass is 32.1. The molecule has 4 nitrogen and oxygen atoms in total. The molecule has 5 heteroatoms. The molecule has 4 unspecified atom stereocenters. The Balaban J connectivity index is 1.53. The molecule has 0 radical (unpaired) electrons. The van der Waals surface area contributed by atoms with E-state index in [1.807, 2.05) is 12.3 Å². The predicted molar refractivity (Wildman–Crippen MR) is 84.5 cm³/mol. The van der Waals surface area contributed by atoms with E-state index >= 15 is 0 Å². The number of ether oxygens (including phenoxy) is 1. The number of carbonyl (C=O) groups excluding carboxylic acids is 1. The van der Waals surface area contributed by atoms with Crippen LogP contribution in [0.25, 0.3) is 0 Å². The van der Waals surface area contributed by atoms with Crippen LogP contribution < -0.4 is 5.32 Å². The van der Waals surface area contributed by atoms with Crippen LogP contribution in [-0.4, -0.2) is 23.6 Å². The minimum Gasteiger partial charge on any atom is -0.466 e. The number of hydrogen-bond acceptors (Lipinski definition) is 5. The fourth-order valence-electron chi connectivity index (χ4n) is 4.02. The van der Waals surface area contributed by atoms with E-state index in [4.69, 9.17) is 4.74 Å². The van der Waals surface area contributed by atoms with Crippen LogP contribution in [0.15, 0.2) is 5.38 Å². The summed E-state index contributed by atoms with van der Waals surface area (Å²) in [7, 11) is 0. The molecule has 2 bridgehead atoms. The molecule has 1 N–H and O–H groups in total. The number of nitrogens with one attached hydrogen (secondary N) is 1. The van der Waals surface area contributed by atoms with Gasteiger partial charge in [-0.3, -0.25) is 4.79 Å². The maximum Gasteiger partial charge on any atom is 0.311 e. The summed E-state index contributed by atoms with van der Waals surface area (Å²) in [4.78, 5) is 16.0. The first-order valence-electron chi connectivity index (χ1n) is 8.02. The standard InChI is InChI=1S/C16H24N2O2S/c1-3-20-15(19)8-13-9-21-16(18-13)17-10(2)14-7-11-4-5-12(14)6-11/h9-12,14H,3-8H2,1-2H3,(H,17,18). The zero-order chi connectivity index (χ0) is 14.8. The number of anilines is 1. The van der Waals surface area contributed by atoms with Crippen molar-refractivity contribution in [3.8, 4) is 0 Å². The number of rotatable bonds is 6. The Hall–Kier alpha value is -1.10. The molecular weight excluding hydrogens is 284 g/mol. The maximum atomic E-state index is 11.5. The Morgan fingerprint density at radius 3 is 3.05 bits per heavy atom. The molecule has 1 aromatic rings. The van der Waals surface area contributed by atoms with Gasteiger partial charge in [0.05, 0.1) is 18.7 Å². The first-order chi connectivity index (χ1) is 10.2. The van der Waals surface area contributed by atoms with Gasteiger partial charge in [0.15, 0.2) is 5.13 Å². The van der Waals surface area contributed by atoms with E-state index in [1.165, 1.54) is 25.7 Å². The first kappa shape index (κ1) is 14.8. The summed E-state index contributed by atoms with van der Waals surface area (Å²) in [6.07, 6.45) is 5.93. The molecule has 116 valence electrons. The average molecular weight is 308 g/mol. The van der Waals surface area contributed by atoms with E-state index in [1.54, 1.807) is 11.3 Å². The van der Waals surface area contributed by atoms with Crippen molar-refractivity contribution in [3.63, 3.8) is 0 Å². The Morgan fingerprint density at radius 1 is 1.52 bits per heavy atom. The Labute approximate surface area is 130 Å². The van der Waals surface area contributed by atoms with Gasteiger partial charge in [-0.05, 0) is 50.9 Å². The van der Waals surface area contributed by atoms with Crippen LogP contribution >= 0.6 is 11.3 Å². The zero-order valence-electron chi connectivity index (χ0n) is 12.8. The van der Waals surface area contributed by atoms with Crippen molar-refractivity contribution in [1.82, 2.24) is 4.98 Å². The number of aromatic nitrogens is 1. The topological polar surface area (TPSA) is 51.2 Å². The normalized spacial score (nSPS) is 28.6. The number of esters is 1. The summed E-state index contributed by atoms with van der Waals surface area (Å²) in [6.45, 7) is 4.52. The van der Waals surface area contributed by atoms with E-state index in [2.05, 4.69) is 17.2 Å². The number of fused-ring (bicyclic) bond motifs is 2. The zero-order valence-corrected chi connectivity index (χ0v) is 13.6. The molecule has 1 heterocycles. The lowest BCUT2D eigenvalue weighted by Crippen LogP contribution is -2.29. The van der Waals surface area contributed by atoms with Crippen molar-refractivity contribution in [2.24, 2.45) is 17.8 Å². The molecule has 21 heavy (non-hydrogen) atoms. The van der Waals surface area contributed by atoms with Crippen LogP contribution in [0.2, 0.25) is 0 Å².